The van der Waals surface area contributed by atoms with Crippen molar-refractivity contribution in [3.05, 3.63) is 27.4 Å². The van der Waals surface area contributed by atoms with E-state index in [-0.39, 0.29) is 11.6 Å². The molecule has 0 bridgehead atoms. The summed E-state index contributed by atoms with van der Waals surface area (Å²) in [6, 6.07) is 0.0572. The molecule has 4 nitrogen and oxygen atoms in total. The molecule has 0 aliphatic carbocycles. The smallest absolute Gasteiger partial charge is 0.255 e. The van der Waals surface area contributed by atoms with Crippen LogP contribution in [0.3, 0.4) is 0 Å². The van der Waals surface area contributed by atoms with Gasteiger partial charge < -0.3 is 10.3 Å². The number of nitrogens with zero attached hydrogens (tertiary/aromatic N) is 1. The maximum absolute atomic E-state index is 11.7. The van der Waals surface area contributed by atoms with Gasteiger partial charge in [-0.05, 0) is 33.7 Å². The first-order valence-corrected chi connectivity index (χ1v) is 5.37. The van der Waals surface area contributed by atoms with Gasteiger partial charge in [-0.1, -0.05) is 6.92 Å². The molecule has 4 heteroatoms. The minimum Gasteiger partial charge on any atom is -0.310 e. The Kier molecular flexibility index (Phi) is 4.03. The first kappa shape index (κ1) is 11.9. The van der Waals surface area contributed by atoms with Crippen LogP contribution in [0.25, 0.3) is 0 Å². The molecular formula is C11H19N3O. The standard InChI is InChI=1S/C11H19N3O/c1-5-6-12-7(2)10-8(3)13-9(4)14-11(10)15/h7,12H,5-6H2,1-4H3,(H,13,14,15). The van der Waals surface area contributed by atoms with Crippen molar-refractivity contribution < 1.29 is 0 Å². The number of hydrogen-bond acceptors (Lipinski definition) is 3. The normalized spacial score (nSPS) is 12.8. The number of nitrogens with one attached hydrogen (secondary N) is 2. The quantitative estimate of drug-likeness (QED) is 0.789. The maximum atomic E-state index is 11.7. The monoisotopic (exact) mass is 209 g/mol. The molecule has 1 rings (SSSR count). The maximum Gasteiger partial charge on any atom is 0.255 e. The molecule has 0 spiro atoms. The van der Waals surface area contributed by atoms with Gasteiger partial charge in [0.15, 0.2) is 0 Å². The van der Waals surface area contributed by atoms with Gasteiger partial charge in [0.25, 0.3) is 5.56 Å². The Morgan fingerprint density at radius 3 is 2.67 bits per heavy atom. The average Bonchev–Trinajstić information content (AvgIpc) is 2.12. The lowest BCUT2D eigenvalue weighted by Crippen LogP contribution is -2.28. The topological polar surface area (TPSA) is 57.8 Å². The molecule has 0 aliphatic rings. The summed E-state index contributed by atoms with van der Waals surface area (Å²) in [5.41, 5.74) is 1.53. The summed E-state index contributed by atoms with van der Waals surface area (Å²) in [6.45, 7) is 8.67. The van der Waals surface area contributed by atoms with E-state index in [0.717, 1.165) is 24.2 Å². The Labute approximate surface area is 90.1 Å². The van der Waals surface area contributed by atoms with Crippen LogP contribution in [-0.2, 0) is 0 Å². The molecule has 0 aliphatic heterocycles. The second-order valence-corrected chi connectivity index (χ2v) is 3.83. The van der Waals surface area contributed by atoms with Crippen LogP contribution in [0, 0.1) is 13.8 Å². The van der Waals surface area contributed by atoms with E-state index in [1.807, 2.05) is 13.8 Å². The van der Waals surface area contributed by atoms with Crippen LogP contribution >= 0.6 is 0 Å². The van der Waals surface area contributed by atoms with Gasteiger partial charge in [-0.25, -0.2) is 4.98 Å². The van der Waals surface area contributed by atoms with Gasteiger partial charge in [0.1, 0.15) is 5.82 Å². The summed E-state index contributed by atoms with van der Waals surface area (Å²) < 4.78 is 0. The first-order valence-electron chi connectivity index (χ1n) is 5.37. The zero-order chi connectivity index (χ0) is 11.4. The Bertz CT molecular complexity index is 384. The molecule has 1 atom stereocenters. The number of rotatable bonds is 4. The second-order valence-electron chi connectivity index (χ2n) is 3.83. The SMILES string of the molecule is CCCNC(C)c1c(C)nc(C)[nH]c1=O. The lowest BCUT2D eigenvalue weighted by molar-refractivity contribution is 0.559. The summed E-state index contributed by atoms with van der Waals surface area (Å²) in [5.74, 6) is 0.670. The molecule has 0 saturated carbocycles. The summed E-state index contributed by atoms with van der Waals surface area (Å²) >= 11 is 0. The van der Waals surface area contributed by atoms with Crippen molar-refractivity contribution in [2.24, 2.45) is 0 Å². The molecule has 0 radical (unpaired) electrons. The van der Waals surface area contributed by atoms with Crippen molar-refractivity contribution >= 4 is 0 Å². The van der Waals surface area contributed by atoms with Crippen molar-refractivity contribution in [3.8, 4) is 0 Å². The van der Waals surface area contributed by atoms with Gasteiger partial charge in [0.05, 0.1) is 5.56 Å². The molecule has 1 unspecified atom stereocenters. The Hall–Kier alpha value is -1.16. The van der Waals surface area contributed by atoms with E-state index in [2.05, 4.69) is 22.2 Å². The molecule has 0 aromatic carbocycles. The zero-order valence-electron chi connectivity index (χ0n) is 9.85. The third-order valence-electron chi connectivity index (χ3n) is 2.40. The Morgan fingerprint density at radius 1 is 1.47 bits per heavy atom. The van der Waals surface area contributed by atoms with Gasteiger partial charge in [-0.15, -0.1) is 0 Å². The molecule has 0 amide bonds. The van der Waals surface area contributed by atoms with E-state index in [1.54, 1.807) is 6.92 Å². The van der Waals surface area contributed by atoms with Crippen molar-refractivity contribution in [1.82, 2.24) is 15.3 Å². The third-order valence-corrected chi connectivity index (χ3v) is 2.40. The fourth-order valence-electron chi connectivity index (χ4n) is 1.71. The van der Waals surface area contributed by atoms with Gasteiger partial charge in [-0.2, -0.15) is 0 Å². The fourth-order valence-corrected chi connectivity index (χ4v) is 1.71. The van der Waals surface area contributed by atoms with Crippen molar-refractivity contribution in [3.63, 3.8) is 0 Å². The van der Waals surface area contributed by atoms with E-state index >= 15 is 0 Å². The van der Waals surface area contributed by atoms with Crippen LogP contribution in [0.5, 0.6) is 0 Å². The van der Waals surface area contributed by atoms with Crippen LogP contribution in [0.15, 0.2) is 4.79 Å². The minimum atomic E-state index is -0.0314. The highest BCUT2D eigenvalue weighted by Crippen LogP contribution is 2.10. The van der Waals surface area contributed by atoms with Crippen LogP contribution in [0.2, 0.25) is 0 Å². The van der Waals surface area contributed by atoms with Gasteiger partial charge >= 0.3 is 0 Å². The number of aromatic nitrogens is 2. The number of H-pyrrole nitrogens is 1. The van der Waals surface area contributed by atoms with E-state index in [9.17, 15) is 4.79 Å². The Morgan fingerprint density at radius 2 is 2.13 bits per heavy atom. The number of hydrogen-bond donors (Lipinski definition) is 2. The van der Waals surface area contributed by atoms with Crippen LogP contribution in [0.4, 0.5) is 0 Å². The highest BCUT2D eigenvalue weighted by molar-refractivity contribution is 5.19. The highest BCUT2D eigenvalue weighted by Gasteiger charge is 2.13. The summed E-state index contributed by atoms with van der Waals surface area (Å²) in [4.78, 5) is 18.7. The molecule has 1 aromatic rings. The molecule has 1 aromatic heterocycles. The lowest BCUT2D eigenvalue weighted by Gasteiger charge is -2.14. The number of aromatic amines is 1. The Balaban J connectivity index is 2.98. The van der Waals surface area contributed by atoms with Gasteiger partial charge in [0, 0.05) is 11.7 Å². The van der Waals surface area contributed by atoms with Crippen LogP contribution in [0.1, 0.15) is 43.4 Å². The van der Waals surface area contributed by atoms with E-state index in [1.165, 1.54) is 0 Å². The highest BCUT2D eigenvalue weighted by atomic mass is 16.1. The van der Waals surface area contributed by atoms with Crippen molar-refractivity contribution in [1.29, 1.82) is 0 Å². The largest absolute Gasteiger partial charge is 0.310 e. The third kappa shape index (κ3) is 2.89. The molecule has 2 N–H and O–H groups in total. The summed E-state index contributed by atoms with van der Waals surface area (Å²) in [6.07, 6.45) is 1.06. The average molecular weight is 209 g/mol. The lowest BCUT2D eigenvalue weighted by atomic mass is 10.1. The van der Waals surface area contributed by atoms with Gasteiger partial charge in [-0.3, -0.25) is 4.79 Å². The molecule has 0 saturated heterocycles. The molecule has 0 fully saturated rings. The fraction of sp³-hybridized carbons (Fsp3) is 0.636. The molecule has 1 heterocycles. The van der Waals surface area contributed by atoms with Gasteiger partial charge in [0.2, 0.25) is 0 Å². The minimum absolute atomic E-state index is 0.0314. The predicted molar refractivity (Wildman–Crippen MR) is 61.0 cm³/mol. The summed E-state index contributed by atoms with van der Waals surface area (Å²) in [5, 5.41) is 3.29. The zero-order valence-corrected chi connectivity index (χ0v) is 9.85. The summed E-state index contributed by atoms with van der Waals surface area (Å²) in [7, 11) is 0. The molecular weight excluding hydrogens is 190 g/mol. The first-order chi connectivity index (χ1) is 7.06. The van der Waals surface area contributed by atoms with E-state index in [0.29, 0.717) is 5.82 Å². The van der Waals surface area contributed by atoms with E-state index in [4.69, 9.17) is 0 Å². The predicted octanol–water partition coefficient (Wildman–Crippen LogP) is 1.45. The second kappa shape index (κ2) is 5.07. The van der Waals surface area contributed by atoms with E-state index < -0.39 is 0 Å². The number of aryl methyl sites for hydroxylation is 2. The van der Waals surface area contributed by atoms with Crippen LogP contribution < -0.4 is 10.9 Å². The van der Waals surface area contributed by atoms with Crippen molar-refractivity contribution in [2.75, 3.05) is 6.54 Å². The molecule has 84 valence electrons. The van der Waals surface area contributed by atoms with Crippen LogP contribution in [-0.4, -0.2) is 16.5 Å². The van der Waals surface area contributed by atoms with Crippen molar-refractivity contribution in [2.45, 2.75) is 40.2 Å². The molecule has 15 heavy (non-hydrogen) atoms.